The number of piperidine rings is 1. The van der Waals surface area contributed by atoms with Crippen LogP contribution < -0.4 is 5.32 Å². The number of aliphatic hydroxyl groups excluding tert-OH is 1. The number of aliphatic carboxylic acids is 1. The first-order valence-corrected chi connectivity index (χ1v) is 6.33. The van der Waals surface area contributed by atoms with E-state index in [0.29, 0.717) is 25.4 Å². The fraction of sp³-hybridized carbons (Fsp3) is 0.833. The fourth-order valence-electron chi connectivity index (χ4n) is 2.52. The van der Waals surface area contributed by atoms with Crippen LogP contribution in [0.1, 0.15) is 26.2 Å². The van der Waals surface area contributed by atoms with Crippen molar-refractivity contribution >= 4 is 11.9 Å². The summed E-state index contributed by atoms with van der Waals surface area (Å²) in [7, 11) is 0. The lowest BCUT2D eigenvalue weighted by atomic mass is 9.91. The Morgan fingerprint density at radius 3 is 2.67 bits per heavy atom. The molecule has 1 aliphatic heterocycles. The van der Waals surface area contributed by atoms with E-state index >= 15 is 0 Å². The first-order chi connectivity index (χ1) is 8.51. The molecule has 0 aliphatic carbocycles. The summed E-state index contributed by atoms with van der Waals surface area (Å²) in [4.78, 5) is 23.7. The molecular formula is C12H22N2O4. The molecule has 0 radical (unpaired) electrons. The molecule has 0 aromatic heterocycles. The Bertz CT molecular complexity index is 296. The summed E-state index contributed by atoms with van der Waals surface area (Å²) >= 11 is 0. The van der Waals surface area contributed by atoms with Crippen LogP contribution in [0.4, 0.5) is 0 Å². The molecule has 0 bridgehead atoms. The van der Waals surface area contributed by atoms with Crippen LogP contribution in [-0.4, -0.2) is 59.3 Å². The zero-order valence-electron chi connectivity index (χ0n) is 10.8. The third-order valence-corrected chi connectivity index (χ3v) is 3.20. The normalized spacial score (nSPS) is 24.8. The minimum atomic E-state index is -0.810. The molecule has 2 unspecified atom stereocenters. The summed E-state index contributed by atoms with van der Waals surface area (Å²) in [6.07, 6.45) is 1.65. The molecule has 0 spiro atoms. The van der Waals surface area contributed by atoms with Crippen molar-refractivity contribution in [1.29, 1.82) is 0 Å². The lowest BCUT2D eigenvalue weighted by Crippen LogP contribution is -2.50. The SMILES string of the molecule is CC(=O)NC1CC(CCO)CN(CCC(=O)O)C1. The van der Waals surface area contributed by atoms with Crippen LogP contribution in [0.15, 0.2) is 0 Å². The molecule has 1 rings (SSSR count). The monoisotopic (exact) mass is 258 g/mol. The van der Waals surface area contributed by atoms with E-state index in [4.69, 9.17) is 10.2 Å². The highest BCUT2D eigenvalue weighted by Gasteiger charge is 2.27. The number of carbonyl (C=O) groups is 2. The van der Waals surface area contributed by atoms with Crippen molar-refractivity contribution in [2.75, 3.05) is 26.2 Å². The van der Waals surface area contributed by atoms with E-state index in [1.807, 2.05) is 0 Å². The maximum atomic E-state index is 11.1. The van der Waals surface area contributed by atoms with Gasteiger partial charge in [0.05, 0.1) is 6.42 Å². The van der Waals surface area contributed by atoms with Gasteiger partial charge in [0.15, 0.2) is 0 Å². The largest absolute Gasteiger partial charge is 0.481 e. The molecule has 2 atom stereocenters. The van der Waals surface area contributed by atoms with Crippen molar-refractivity contribution in [3.05, 3.63) is 0 Å². The number of carbonyl (C=O) groups excluding carboxylic acids is 1. The quantitative estimate of drug-likeness (QED) is 0.607. The van der Waals surface area contributed by atoms with Crippen LogP contribution in [0.5, 0.6) is 0 Å². The molecule has 0 aromatic rings. The van der Waals surface area contributed by atoms with Crippen LogP contribution >= 0.6 is 0 Å². The minimum Gasteiger partial charge on any atom is -0.481 e. The van der Waals surface area contributed by atoms with Crippen LogP contribution in [-0.2, 0) is 9.59 Å². The third kappa shape index (κ3) is 5.46. The molecule has 18 heavy (non-hydrogen) atoms. The summed E-state index contributed by atoms with van der Waals surface area (Å²) in [6.45, 7) is 3.59. The predicted octanol–water partition coefficient (Wildman–Crippen LogP) is -0.330. The number of carboxylic acids is 1. The number of hydrogen-bond acceptors (Lipinski definition) is 4. The number of nitrogens with one attached hydrogen (secondary N) is 1. The van der Waals surface area contributed by atoms with Gasteiger partial charge in [-0.2, -0.15) is 0 Å². The smallest absolute Gasteiger partial charge is 0.304 e. The molecule has 1 heterocycles. The second kappa shape index (κ2) is 7.33. The van der Waals surface area contributed by atoms with Crippen molar-refractivity contribution < 1.29 is 19.8 Å². The lowest BCUT2D eigenvalue weighted by molar-refractivity contribution is -0.137. The van der Waals surface area contributed by atoms with Gasteiger partial charge in [0.25, 0.3) is 0 Å². The first kappa shape index (κ1) is 14.9. The van der Waals surface area contributed by atoms with Crippen LogP contribution in [0.3, 0.4) is 0 Å². The molecule has 104 valence electrons. The van der Waals surface area contributed by atoms with Gasteiger partial charge in [-0.05, 0) is 18.8 Å². The number of rotatable bonds is 6. The Labute approximate surface area is 107 Å². The number of likely N-dealkylation sites (tertiary alicyclic amines) is 1. The molecular weight excluding hydrogens is 236 g/mol. The van der Waals surface area contributed by atoms with E-state index in [1.54, 1.807) is 0 Å². The number of hydrogen-bond donors (Lipinski definition) is 3. The molecule has 1 aliphatic rings. The standard InChI is InChI=1S/C12H22N2O4/c1-9(16)13-11-6-10(3-5-15)7-14(8-11)4-2-12(17)18/h10-11,15H,2-8H2,1H3,(H,13,16)(H,17,18). The number of amides is 1. The van der Waals surface area contributed by atoms with Crippen LogP contribution in [0, 0.1) is 5.92 Å². The number of nitrogens with zero attached hydrogens (tertiary/aromatic N) is 1. The third-order valence-electron chi connectivity index (χ3n) is 3.20. The van der Waals surface area contributed by atoms with Gasteiger partial charge in [-0.3, -0.25) is 9.59 Å². The Hall–Kier alpha value is -1.14. The Morgan fingerprint density at radius 1 is 1.39 bits per heavy atom. The second-order valence-corrected chi connectivity index (χ2v) is 4.91. The summed E-state index contributed by atoms with van der Waals surface area (Å²) in [6, 6.07) is 0.0570. The van der Waals surface area contributed by atoms with Crippen molar-refractivity contribution in [3.63, 3.8) is 0 Å². The van der Waals surface area contributed by atoms with E-state index in [0.717, 1.165) is 13.0 Å². The maximum Gasteiger partial charge on any atom is 0.304 e. The first-order valence-electron chi connectivity index (χ1n) is 6.33. The van der Waals surface area contributed by atoms with E-state index < -0.39 is 5.97 Å². The Morgan fingerprint density at radius 2 is 2.11 bits per heavy atom. The van der Waals surface area contributed by atoms with Crippen LogP contribution in [0.2, 0.25) is 0 Å². The van der Waals surface area contributed by atoms with Crippen LogP contribution in [0.25, 0.3) is 0 Å². The van der Waals surface area contributed by atoms with Crippen molar-refractivity contribution in [1.82, 2.24) is 10.2 Å². The van der Waals surface area contributed by atoms with Gasteiger partial charge < -0.3 is 20.4 Å². The van der Waals surface area contributed by atoms with Gasteiger partial charge in [0.1, 0.15) is 0 Å². The molecule has 6 heteroatoms. The van der Waals surface area contributed by atoms with E-state index in [9.17, 15) is 9.59 Å². The molecule has 3 N–H and O–H groups in total. The minimum absolute atomic E-state index is 0.0570. The summed E-state index contributed by atoms with van der Waals surface area (Å²) in [5, 5.41) is 20.6. The van der Waals surface area contributed by atoms with Gasteiger partial charge >= 0.3 is 5.97 Å². The van der Waals surface area contributed by atoms with Gasteiger partial charge in [-0.1, -0.05) is 0 Å². The number of aliphatic hydroxyl groups is 1. The zero-order chi connectivity index (χ0) is 13.5. The highest BCUT2D eigenvalue weighted by atomic mass is 16.4. The highest BCUT2D eigenvalue weighted by Crippen LogP contribution is 2.20. The molecule has 6 nitrogen and oxygen atoms in total. The van der Waals surface area contributed by atoms with Crippen molar-refractivity contribution in [2.24, 2.45) is 5.92 Å². The van der Waals surface area contributed by atoms with E-state index in [2.05, 4.69) is 10.2 Å². The highest BCUT2D eigenvalue weighted by molar-refractivity contribution is 5.73. The van der Waals surface area contributed by atoms with Gasteiger partial charge in [-0.15, -0.1) is 0 Å². The average Bonchev–Trinajstić information content (AvgIpc) is 2.25. The fourth-order valence-corrected chi connectivity index (χ4v) is 2.52. The van der Waals surface area contributed by atoms with Crippen molar-refractivity contribution in [3.8, 4) is 0 Å². The van der Waals surface area contributed by atoms with Gasteiger partial charge in [0, 0.05) is 39.2 Å². The predicted molar refractivity (Wildman–Crippen MR) is 66.1 cm³/mol. The van der Waals surface area contributed by atoms with E-state index in [-0.39, 0.29) is 25.0 Å². The summed E-state index contributed by atoms with van der Waals surface area (Å²) in [5.74, 6) is -0.562. The van der Waals surface area contributed by atoms with Gasteiger partial charge in [-0.25, -0.2) is 0 Å². The molecule has 1 amide bonds. The topological polar surface area (TPSA) is 89.9 Å². The number of carboxylic acid groups (broad SMARTS) is 1. The zero-order valence-corrected chi connectivity index (χ0v) is 10.8. The Balaban J connectivity index is 2.50. The van der Waals surface area contributed by atoms with Crippen molar-refractivity contribution in [2.45, 2.75) is 32.2 Å². The second-order valence-electron chi connectivity index (χ2n) is 4.91. The average molecular weight is 258 g/mol. The van der Waals surface area contributed by atoms with E-state index in [1.165, 1.54) is 6.92 Å². The maximum absolute atomic E-state index is 11.1. The molecule has 0 saturated carbocycles. The Kier molecular flexibility index (Phi) is 6.07. The van der Waals surface area contributed by atoms with Gasteiger partial charge in [0.2, 0.25) is 5.91 Å². The summed E-state index contributed by atoms with van der Waals surface area (Å²) in [5.41, 5.74) is 0. The lowest BCUT2D eigenvalue weighted by Gasteiger charge is -2.37. The summed E-state index contributed by atoms with van der Waals surface area (Å²) < 4.78 is 0. The molecule has 1 saturated heterocycles. The molecule has 0 aromatic carbocycles. The molecule has 1 fully saturated rings.